The number of unbranched alkanes of at least 4 members (excludes halogenated alkanes) is 1. The van der Waals surface area contributed by atoms with Gasteiger partial charge in [-0.1, -0.05) is 20.3 Å². The Labute approximate surface area is 182 Å². The number of hydrogen-bond acceptors (Lipinski definition) is 6. The van der Waals surface area contributed by atoms with Crippen LogP contribution in [0.1, 0.15) is 40.0 Å². The van der Waals surface area contributed by atoms with Gasteiger partial charge in [0.15, 0.2) is 0 Å². The fourth-order valence-electron chi connectivity index (χ4n) is 4.80. The van der Waals surface area contributed by atoms with Crippen LogP contribution in [0.15, 0.2) is 10.6 Å². The first-order valence-electron chi connectivity index (χ1n) is 10.8. The summed E-state index contributed by atoms with van der Waals surface area (Å²) in [5.41, 5.74) is 0.141. The summed E-state index contributed by atoms with van der Waals surface area (Å²) in [4.78, 5) is 41.0. The van der Waals surface area contributed by atoms with Gasteiger partial charge in [-0.15, -0.1) is 11.8 Å². The van der Waals surface area contributed by atoms with E-state index in [0.717, 1.165) is 24.3 Å². The molecule has 3 aliphatic rings. The summed E-state index contributed by atoms with van der Waals surface area (Å²) in [6, 6.07) is -0.330. The van der Waals surface area contributed by atoms with Crippen LogP contribution in [0.25, 0.3) is 0 Å². The summed E-state index contributed by atoms with van der Waals surface area (Å²) < 4.78 is 0. The van der Waals surface area contributed by atoms with Crippen LogP contribution in [0.3, 0.4) is 0 Å². The lowest BCUT2D eigenvalue weighted by molar-refractivity contribution is -0.158. The standard InChI is InChI=1S/C21H34N4O4S/c1-6-7-8-22-12(3)15-16-11(2)18(17(21(28)29)25(16)20(15)27)30-13-9-14(23-10-13)19(26)24(4)5/h11-16,22-23H,6-10H2,1-5H3,(H,28,29)/t11?,12-,13+,14?,15-,16-/m1/s1. The second kappa shape index (κ2) is 9.28. The average molecular weight is 439 g/mol. The van der Waals surface area contributed by atoms with E-state index >= 15 is 0 Å². The summed E-state index contributed by atoms with van der Waals surface area (Å²) >= 11 is 1.53. The predicted molar refractivity (Wildman–Crippen MR) is 117 cm³/mol. The number of amides is 2. The largest absolute Gasteiger partial charge is 0.477 e. The van der Waals surface area contributed by atoms with E-state index in [0.29, 0.717) is 13.0 Å². The molecular formula is C21H34N4O4S. The third kappa shape index (κ3) is 4.11. The number of carbonyl (C=O) groups excluding carboxylic acids is 2. The Balaban J connectivity index is 1.72. The summed E-state index contributed by atoms with van der Waals surface area (Å²) in [5.74, 6) is -1.33. The molecule has 3 N–H and O–H groups in total. The molecule has 30 heavy (non-hydrogen) atoms. The second-order valence-electron chi connectivity index (χ2n) is 8.80. The van der Waals surface area contributed by atoms with E-state index in [9.17, 15) is 19.5 Å². The number of carboxylic acid groups (broad SMARTS) is 1. The smallest absolute Gasteiger partial charge is 0.353 e. The molecule has 0 aliphatic carbocycles. The lowest BCUT2D eigenvalue weighted by atomic mass is 9.78. The van der Waals surface area contributed by atoms with Crippen molar-refractivity contribution in [2.75, 3.05) is 27.2 Å². The molecule has 0 aromatic rings. The first kappa shape index (κ1) is 23.1. The molecule has 8 nitrogen and oxygen atoms in total. The number of aliphatic carboxylic acids is 1. The number of fused-ring (bicyclic) bond motifs is 1. The van der Waals surface area contributed by atoms with E-state index in [-0.39, 0.29) is 52.7 Å². The lowest BCUT2D eigenvalue weighted by Gasteiger charge is -2.47. The Kier molecular flexibility index (Phi) is 7.14. The maximum absolute atomic E-state index is 12.9. The zero-order valence-corrected chi connectivity index (χ0v) is 19.3. The van der Waals surface area contributed by atoms with E-state index in [4.69, 9.17) is 0 Å². The number of β-lactam (4-membered cyclic amide) rings is 1. The van der Waals surface area contributed by atoms with Crippen LogP contribution in [0, 0.1) is 11.8 Å². The van der Waals surface area contributed by atoms with E-state index in [1.54, 1.807) is 19.0 Å². The number of nitrogens with zero attached hydrogens (tertiary/aromatic N) is 2. The van der Waals surface area contributed by atoms with Crippen molar-refractivity contribution >= 4 is 29.5 Å². The molecule has 0 aromatic carbocycles. The van der Waals surface area contributed by atoms with Crippen molar-refractivity contribution in [3.63, 3.8) is 0 Å². The zero-order valence-electron chi connectivity index (χ0n) is 18.5. The first-order chi connectivity index (χ1) is 14.2. The maximum Gasteiger partial charge on any atom is 0.353 e. The number of thioether (sulfide) groups is 1. The van der Waals surface area contributed by atoms with Crippen LogP contribution in [-0.4, -0.2) is 83.3 Å². The van der Waals surface area contributed by atoms with Crippen LogP contribution in [0.5, 0.6) is 0 Å². The van der Waals surface area contributed by atoms with Crippen molar-refractivity contribution in [1.82, 2.24) is 20.4 Å². The molecule has 0 spiro atoms. The number of hydrogen-bond donors (Lipinski definition) is 3. The van der Waals surface area contributed by atoms with E-state index in [1.807, 2.05) is 13.8 Å². The molecule has 9 heteroatoms. The van der Waals surface area contributed by atoms with Gasteiger partial charge < -0.3 is 25.5 Å². The minimum atomic E-state index is -1.04. The number of likely N-dealkylation sites (N-methyl/N-ethyl adjacent to an activating group) is 1. The van der Waals surface area contributed by atoms with Crippen LogP contribution in [-0.2, 0) is 14.4 Å². The van der Waals surface area contributed by atoms with Crippen LogP contribution in [0.2, 0.25) is 0 Å². The molecule has 2 amide bonds. The van der Waals surface area contributed by atoms with Gasteiger partial charge >= 0.3 is 5.97 Å². The van der Waals surface area contributed by atoms with Gasteiger partial charge in [0.1, 0.15) is 5.70 Å². The molecule has 3 heterocycles. The van der Waals surface area contributed by atoms with Crippen LogP contribution in [0.4, 0.5) is 0 Å². The highest BCUT2D eigenvalue weighted by molar-refractivity contribution is 8.03. The molecule has 3 rings (SSSR count). The Bertz CT molecular complexity index is 741. The minimum Gasteiger partial charge on any atom is -0.477 e. The molecule has 0 radical (unpaired) electrons. The van der Waals surface area contributed by atoms with Crippen molar-refractivity contribution in [3.8, 4) is 0 Å². The molecule has 0 saturated carbocycles. The minimum absolute atomic E-state index is 0.0161. The first-order valence-corrected chi connectivity index (χ1v) is 11.7. The Morgan fingerprint density at radius 2 is 2.10 bits per heavy atom. The normalized spacial score (nSPS) is 31.6. The third-order valence-corrected chi connectivity index (χ3v) is 7.96. The van der Waals surface area contributed by atoms with Crippen molar-refractivity contribution < 1.29 is 19.5 Å². The number of carboxylic acids is 1. The Morgan fingerprint density at radius 3 is 2.70 bits per heavy atom. The summed E-state index contributed by atoms with van der Waals surface area (Å²) in [7, 11) is 3.47. The number of carbonyl (C=O) groups is 3. The SMILES string of the molecule is CCCCN[C@H](C)[C@H]1C(=O)N2C(C(=O)O)=C(S[C@@H]3CNC(C(=O)N(C)C)C3)C(C)[C@H]12. The highest BCUT2D eigenvalue weighted by atomic mass is 32.2. The van der Waals surface area contributed by atoms with Gasteiger partial charge in [0.25, 0.3) is 0 Å². The average Bonchev–Trinajstić information content (AvgIpc) is 3.24. The van der Waals surface area contributed by atoms with Crippen molar-refractivity contribution in [2.24, 2.45) is 11.8 Å². The summed E-state index contributed by atoms with van der Waals surface area (Å²) in [6.45, 7) is 7.68. The molecule has 168 valence electrons. The Hall–Kier alpha value is -1.58. The summed E-state index contributed by atoms with van der Waals surface area (Å²) in [6.07, 6.45) is 2.79. The van der Waals surface area contributed by atoms with Gasteiger partial charge in [-0.3, -0.25) is 9.59 Å². The number of nitrogens with one attached hydrogen (secondary N) is 2. The highest BCUT2D eigenvalue weighted by Gasteiger charge is 2.60. The van der Waals surface area contributed by atoms with Gasteiger partial charge in [0.2, 0.25) is 11.8 Å². The van der Waals surface area contributed by atoms with Crippen molar-refractivity contribution in [2.45, 2.75) is 63.4 Å². The van der Waals surface area contributed by atoms with E-state index < -0.39 is 5.97 Å². The number of rotatable bonds is 9. The second-order valence-corrected chi connectivity index (χ2v) is 10.1. The lowest BCUT2D eigenvalue weighted by Crippen LogP contribution is -2.65. The molecule has 2 saturated heterocycles. The van der Waals surface area contributed by atoms with Crippen LogP contribution < -0.4 is 10.6 Å². The molecule has 0 bridgehead atoms. The molecular weight excluding hydrogens is 404 g/mol. The van der Waals surface area contributed by atoms with Crippen molar-refractivity contribution in [3.05, 3.63) is 10.6 Å². The van der Waals surface area contributed by atoms with Gasteiger partial charge in [0.05, 0.1) is 18.0 Å². The van der Waals surface area contributed by atoms with Gasteiger partial charge in [-0.2, -0.15) is 0 Å². The molecule has 3 aliphatic heterocycles. The predicted octanol–water partition coefficient (Wildman–Crippen LogP) is 1.09. The highest BCUT2D eigenvalue weighted by Crippen LogP contribution is 2.51. The van der Waals surface area contributed by atoms with Crippen molar-refractivity contribution in [1.29, 1.82) is 0 Å². The summed E-state index contributed by atoms with van der Waals surface area (Å²) in [5, 5.41) is 16.7. The van der Waals surface area contributed by atoms with Gasteiger partial charge in [-0.25, -0.2) is 4.79 Å². The monoisotopic (exact) mass is 438 g/mol. The topological polar surface area (TPSA) is 102 Å². The molecule has 2 fully saturated rings. The molecule has 2 unspecified atom stereocenters. The Morgan fingerprint density at radius 1 is 1.40 bits per heavy atom. The van der Waals surface area contributed by atoms with E-state index in [2.05, 4.69) is 17.6 Å². The fraction of sp³-hybridized carbons (Fsp3) is 0.762. The van der Waals surface area contributed by atoms with Crippen LogP contribution >= 0.6 is 11.8 Å². The maximum atomic E-state index is 12.9. The fourth-order valence-corrected chi connectivity index (χ4v) is 6.28. The van der Waals surface area contributed by atoms with Gasteiger partial charge in [0, 0.05) is 42.8 Å². The zero-order chi connectivity index (χ0) is 22.2. The third-order valence-electron chi connectivity index (χ3n) is 6.45. The molecule has 0 aromatic heterocycles. The van der Waals surface area contributed by atoms with E-state index in [1.165, 1.54) is 16.7 Å². The quantitative estimate of drug-likeness (QED) is 0.366. The molecule has 6 atom stereocenters. The van der Waals surface area contributed by atoms with Gasteiger partial charge in [-0.05, 0) is 26.3 Å².